The number of carbonyl (C=O) groups is 2. The summed E-state index contributed by atoms with van der Waals surface area (Å²) in [5.41, 5.74) is 3.80. The molecule has 5 rings (SSSR count). The van der Waals surface area contributed by atoms with Gasteiger partial charge in [0.15, 0.2) is 0 Å². The van der Waals surface area contributed by atoms with E-state index in [0.29, 0.717) is 35.3 Å². The fourth-order valence-corrected chi connectivity index (χ4v) is 6.03. The first kappa shape index (κ1) is 27.9. The van der Waals surface area contributed by atoms with E-state index in [1.807, 2.05) is 73.6 Å². The normalized spacial score (nSPS) is 15.2. The number of hydrogen-bond acceptors (Lipinski definition) is 5. The summed E-state index contributed by atoms with van der Waals surface area (Å²) in [6, 6.07) is 23.2. The van der Waals surface area contributed by atoms with E-state index >= 15 is 0 Å². The number of rotatable bonds is 8. The van der Waals surface area contributed by atoms with Gasteiger partial charge in [-0.3, -0.25) is 14.5 Å². The lowest BCUT2D eigenvalue weighted by Gasteiger charge is -2.23. The van der Waals surface area contributed by atoms with Crippen LogP contribution in [-0.2, 0) is 9.59 Å². The van der Waals surface area contributed by atoms with Crippen molar-refractivity contribution < 1.29 is 14.0 Å². The number of aromatic nitrogens is 2. The third-order valence-corrected chi connectivity index (χ3v) is 8.03. The second-order valence-corrected chi connectivity index (χ2v) is 11.2. The Bertz CT molecular complexity index is 1510. The minimum Gasteiger partial charge on any atom is -0.353 e. The molecule has 4 aromatic rings. The van der Waals surface area contributed by atoms with E-state index < -0.39 is 0 Å². The molecule has 2 amide bonds. The maximum absolute atomic E-state index is 13.9. The summed E-state index contributed by atoms with van der Waals surface area (Å²) in [4.78, 5) is 30.3. The van der Waals surface area contributed by atoms with Crippen LogP contribution in [0.5, 0.6) is 0 Å². The molecule has 1 aliphatic rings. The van der Waals surface area contributed by atoms with Crippen molar-refractivity contribution >= 4 is 41.0 Å². The summed E-state index contributed by atoms with van der Waals surface area (Å²) < 4.78 is 15.6. The van der Waals surface area contributed by atoms with Gasteiger partial charge in [-0.05, 0) is 56.1 Å². The maximum Gasteiger partial charge on any atom is 0.240 e. The molecule has 0 spiro atoms. The summed E-state index contributed by atoms with van der Waals surface area (Å²) in [7, 11) is 3.85. The van der Waals surface area contributed by atoms with E-state index in [2.05, 4.69) is 5.32 Å². The van der Waals surface area contributed by atoms with Crippen molar-refractivity contribution in [2.24, 2.45) is 0 Å². The Morgan fingerprint density at radius 1 is 1.10 bits per heavy atom. The van der Waals surface area contributed by atoms with E-state index in [-0.39, 0.29) is 35.2 Å². The molecule has 0 saturated carbocycles. The van der Waals surface area contributed by atoms with Crippen LogP contribution in [0.1, 0.15) is 16.4 Å². The Hall–Kier alpha value is -3.66. The quantitative estimate of drug-likeness (QED) is 0.313. The standard InChI is InChI=1S/C30H29ClFN5O2S/c1-35(2)16-15-33-25(38)18-36-26(39)19-40-29(21-9-6-10-22(31)17-21)27-28(20-7-4-3-5-8-20)34-37(30(27)36)24-13-11-23(32)12-14-24/h3-14,17,29H,15-16,18-19H2,1-2H3,(H,33,38)/t29-/m1/s1. The lowest BCUT2D eigenvalue weighted by atomic mass is 9.99. The van der Waals surface area contributed by atoms with Crippen LogP contribution in [0.4, 0.5) is 10.2 Å². The highest BCUT2D eigenvalue weighted by Gasteiger charge is 2.37. The van der Waals surface area contributed by atoms with Crippen LogP contribution in [0, 0.1) is 5.82 Å². The van der Waals surface area contributed by atoms with E-state index in [0.717, 1.165) is 16.7 Å². The lowest BCUT2D eigenvalue weighted by molar-refractivity contribution is -0.122. The Labute approximate surface area is 241 Å². The zero-order valence-electron chi connectivity index (χ0n) is 22.2. The second-order valence-electron chi connectivity index (χ2n) is 9.72. The lowest BCUT2D eigenvalue weighted by Crippen LogP contribution is -2.43. The molecule has 40 heavy (non-hydrogen) atoms. The molecule has 1 aromatic heterocycles. The number of likely N-dealkylation sites (N-methyl/N-ethyl adjacent to an activating group) is 1. The topological polar surface area (TPSA) is 70.5 Å². The van der Waals surface area contributed by atoms with Gasteiger partial charge in [-0.1, -0.05) is 54.1 Å². The molecular formula is C30H29ClFN5O2S. The first-order valence-corrected chi connectivity index (χ1v) is 14.3. The molecule has 0 saturated heterocycles. The number of nitrogens with zero attached hydrogens (tertiary/aromatic N) is 4. The number of nitrogens with one attached hydrogen (secondary N) is 1. The smallest absolute Gasteiger partial charge is 0.240 e. The van der Waals surface area contributed by atoms with Crippen LogP contribution in [-0.4, -0.2) is 66.0 Å². The summed E-state index contributed by atoms with van der Waals surface area (Å²) in [5, 5.41) is 8.19. The molecule has 1 aliphatic heterocycles. The predicted molar refractivity (Wildman–Crippen MR) is 159 cm³/mol. The van der Waals surface area contributed by atoms with Crippen molar-refractivity contribution in [1.82, 2.24) is 20.0 Å². The highest BCUT2D eigenvalue weighted by Crippen LogP contribution is 2.48. The number of benzene rings is 3. The number of halogens is 2. The van der Waals surface area contributed by atoms with Crippen molar-refractivity contribution in [3.8, 4) is 16.9 Å². The first-order chi connectivity index (χ1) is 19.3. The molecule has 0 radical (unpaired) electrons. The van der Waals surface area contributed by atoms with Gasteiger partial charge >= 0.3 is 0 Å². The average molecular weight is 578 g/mol. The number of hydrogen-bond donors (Lipinski definition) is 1. The van der Waals surface area contributed by atoms with E-state index in [1.54, 1.807) is 16.8 Å². The molecular weight excluding hydrogens is 549 g/mol. The van der Waals surface area contributed by atoms with Crippen LogP contribution in [0.3, 0.4) is 0 Å². The molecule has 0 fully saturated rings. The minimum atomic E-state index is -0.383. The van der Waals surface area contributed by atoms with Gasteiger partial charge in [0.2, 0.25) is 11.8 Å². The Morgan fingerprint density at radius 2 is 1.85 bits per heavy atom. The average Bonchev–Trinajstić information content (AvgIpc) is 3.26. The van der Waals surface area contributed by atoms with Gasteiger partial charge in [0.05, 0.1) is 22.4 Å². The van der Waals surface area contributed by atoms with Crippen LogP contribution in [0.15, 0.2) is 78.9 Å². The molecule has 0 bridgehead atoms. The van der Waals surface area contributed by atoms with Crippen LogP contribution >= 0.6 is 23.4 Å². The molecule has 0 unspecified atom stereocenters. The highest BCUT2D eigenvalue weighted by atomic mass is 35.5. The number of carbonyl (C=O) groups excluding carboxylic acids is 2. The van der Waals surface area contributed by atoms with E-state index in [1.165, 1.54) is 28.8 Å². The molecule has 206 valence electrons. The van der Waals surface area contributed by atoms with Crippen LogP contribution in [0.25, 0.3) is 16.9 Å². The number of amides is 2. The van der Waals surface area contributed by atoms with Gasteiger partial charge in [-0.25, -0.2) is 9.07 Å². The molecule has 1 atom stereocenters. The van der Waals surface area contributed by atoms with Gasteiger partial charge in [0.1, 0.15) is 18.2 Å². The molecule has 7 nitrogen and oxygen atoms in total. The highest BCUT2D eigenvalue weighted by molar-refractivity contribution is 8.00. The van der Waals surface area contributed by atoms with Gasteiger partial charge in [0, 0.05) is 29.2 Å². The second kappa shape index (κ2) is 12.2. The van der Waals surface area contributed by atoms with Crippen molar-refractivity contribution in [2.45, 2.75) is 5.25 Å². The van der Waals surface area contributed by atoms with Crippen molar-refractivity contribution in [3.05, 3.63) is 101 Å². The summed E-state index contributed by atoms with van der Waals surface area (Å²) in [5.74, 6) is -0.255. The van der Waals surface area contributed by atoms with Gasteiger partial charge < -0.3 is 10.2 Å². The fraction of sp³-hybridized carbons (Fsp3) is 0.233. The van der Waals surface area contributed by atoms with E-state index in [9.17, 15) is 14.0 Å². The SMILES string of the molecule is CN(C)CCNC(=O)CN1C(=O)CS[C@H](c2cccc(Cl)c2)c2c(-c3ccccc3)nn(-c3ccc(F)cc3)c21. The molecule has 10 heteroatoms. The fourth-order valence-electron chi connectivity index (χ4n) is 4.64. The first-order valence-electron chi connectivity index (χ1n) is 12.8. The third-order valence-electron chi connectivity index (χ3n) is 6.54. The predicted octanol–water partition coefficient (Wildman–Crippen LogP) is 5.18. The largest absolute Gasteiger partial charge is 0.353 e. The number of thioether (sulfide) groups is 1. The molecule has 1 N–H and O–H groups in total. The van der Waals surface area contributed by atoms with E-state index in [4.69, 9.17) is 16.7 Å². The molecule has 3 aromatic carbocycles. The third kappa shape index (κ3) is 6.06. The van der Waals surface area contributed by atoms with Crippen molar-refractivity contribution in [3.63, 3.8) is 0 Å². The number of fused-ring (bicyclic) bond motifs is 1. The Morgan fingerprint density at radius 3 is 2.55 bits per heavy atom. The molecule has 0 aliphatic carbocycles. The zero-order chi connectivity index (χ0) is 28.2. The van der Waals surface area contributed by atoms with Gasteiger partial charge in [-0.2, -0.15) is 5.10 Å². The zero-order valence-corrected chi connectivity index (χ0v) is 23.8. The summed E-state index contributed by atoms with van der Waals surface area (Å²) in [6.45, 7) is 0.944. The summed E-state index contributed by atoms with van der Waals surface area (Å²) >= 11 is 7.87. The Kier molecular flexibility index (Phi) is 8.54. The van der Waals surface area contributed by atoms with Crippen molar-refractivity contribution in [1.29, 1.82) is 0 Å². The number of anilines is 1. The summed E-state index contributed by atoms with van der Waals surface area (Å²) in [6.07, 6.45) is 0. The van der Waals surface area contributed by atoms with Crippen LogP contribution < -0.4 is 10.2 Å². The van der Waals surface area contributed by atoms with Gasteiger partial charge in [0.25, 0.3) is 0 Å². The molecule has 2 heterocycles. The van der Waals surface area contributed by atoms with Crippen molar-refractivity contribution in [2.75, 3.05) is 44.4 Å². The minimum absolute atomic E-state index is 0.147. The van der Waals surface area contributed by atoms with Crippen LogP contribution in [0.2, 0.25) is 5.02 Å². The Balaban J connectivity index is 1.72. The maximum atomic E-state index is 13.9. The monoisotopic (exact) mass is 577 g/mol. The van der Waals surface area contributed by atoms with Gasteiger partial charge in [-0.15, -0.1) is 11.8 Å².